The Kier molecular flexibility index (Phi) is 7.88. The molecular formula is C24H34N4O5. The lowest BCUT2D eigenvalue weighted by Gasteiger charge is -2.38. The van der Waals surface area contributed by atoms with Crippen LogP contribution in [-0.4, -0.2) is 70.2 Å². The molecule has 180 valence electrons. The summed E-state index contributed by atoms with van der Waals surface area (Å²) in [6.07, 6.45) is -0.181. The fourth-order valence-corrected chi connectivity index (χ4v) is 4.52. The van der Waals surface area contributed by atoms with Crippen LogP contribution in [0.3, 0.4) is 0 Å². The van der Waals surface area contributed by atoms with Crippen LogP contribution in [0.2, 0.25) is 0 Å². The summed E-state index contributed by atoms with van der Waals surface area (Å²) >= 11 is 0. The van der Waals surface area contributed by atoms with Gasteiger partial charge >= 0.3 is 0 Å². The van der Waals surface area contributed by atoms with Crippen molar-refractivity contribution in [2.75, 3.05) is 7.05 Å². The monoisotopic (exact) mass is 458 g/mol. The summed E-state index contributed by atoms with van der Waals surface area (Å²) in [6.45, 7) is 4.21. The van der Waals surface area contributed by atoms with Crippen LogP contribution in [0, 0.1) is 5.92 Å². The summed E-state index contributed by atoms with van der Waals surface area (Å²) in [5.74, 6) is -1.10. The highest BCUT2D eigenvalue weighted by atomic mass is 16.3. The van der Waals surface area contributed by atoms with Gasteiger partial charge in [-0.05, 0) is 30.5 Å². The van der Waals surface area contributed by atoms with E-state index in [0.29, 0.717) is 12.8 Å². The molecule has 2 aliphatic rings. The third kappa shape index (κ3) is 5.61. The number of carbonyl (C=O) groups is 3. The van der Waals surface area contributed by atoms with E-state index in [2.05, 4.69) is 10.6 Å². The molecule has 0 saturated heterocycles. The molecule has 1 aliphatic heterocycles. The number of rotatable bonds is 7. The van der Waals surface area contributed by atoms with Crippen LogP contribution >= 0.6 is 0 Å². The maximum Gasteiger partial charge on any atom is 0.250 e. The van der Waals surface area contributed by atoms with Crippen LogP contribution < -0.4 is 16.4 Å². The van der Waals surface area contributed by atoms with E-state index in [1.165, 1.54) is 11.0 Å². The highest BCUT2D eigenvalue weighted by Crippen LogP contribution is 2.28. The number of amides is 3. The lowest BCUT2D eigenvalue weighted by Crippen LogP contribution is -2.56. The summed E-state index contributed by atoms with van der Waals surface area (Å²) in [4.78, 5) is 39.7. The molecule has 9 heteroatoms. The van der Waals surface area contributed by atoms with Crippen molar-refractivity contribution in [3.63, 3.8) is 0 Å². The largest absolute Gasteiger partial charge is 0.390 e. The van der Waals surface area contributed by atoms with Gasteiger partial charge in [0.25, 0.3) is 5.91 Å². The summed E-state index contributed by atoms with van der Waals surface area (Å²) in [5.41, 5.74) is 7.73. The van der Waals surface area contributed by atoms with E-state index in [9.17, 15) is 24.6 Å². The number of aliphatic hydroxyl groups is 2. The number of carbonyl (C=O) groups excluding carboxylic acids is 3. The van der Waals surface area contributed by atoms with E-state index in [4.69, 9.17) is 5.73 Å². The number of hydrogen-bond acceptors (Lipinski definition) is 6. The number of likely N-dealkylation sites (N-methyl/N-ethyl adjacent to an activating group) is 1. The van der Waals surface area contributed by atoms with Crippen LogP contribution in [0.25, 0.3) is 0 Å². The molecule has 9 nitrogen and oxygen atoms in total. The average molecular weight is 459 g/mol. The van der Waals surface area contributed by atoms with Gasteiger partial charge in [-0.1, -0.05) is 44.2 Å². The maximum absolute atomic E-state index is 13.4. The van der Waals surface area contributed by atoms with Gasteiger partial charge in [-0.15, -0.1) is 0 Å². The molecule has 0 saturated carbocycles. The summed E-state index contributed by atoms with van der Waals surface area (Å²) < 4.78 is 0. The van der Waals surface area contributed by atoms with E-state index in [0.717, 1.165) is 11.1 Å². The number of primary amides is 1. The van der Waals surface area contributed by atoms with Gasteiger partial charge in [-0.2, -0.15) is 0 Å². The molecular weight excluding hydrogens is 424 g/mol. The topological polar surface area (TPSA) is 145 Å². The Morgan fingerprint density at radius 3 is 2.42 bits per heavy atom. The number of aliphatic hydroxyl groups excluding tert-OH is 2. The zero-order valence-corrected chi connectivity index (χ0v) is 19.3. The standard InChI is InChI=1S/C24H34N4O5/c1-13(2)8-18(26-3)23(32)27-17-9-16(11-20(29)21(17)30)24(33)28-12-15-7-5-4-6-14(15)10-19(28)22(25)31/h4-7,9,13,17-21,26,29-30H,8,10-12H2,1-3H3,(H2,25,31)(H,27,32). The van der Waals surface area contributed by atoms with Crippen LogP contribution in [-0.2, 0) is 27.3 Å². The Hall–Kier alpha value is -2.75. The highest BCUT2D eigenvalue weighted by molar-refractivity contribution is 5.97. The second-order valence-electron chi connectivity index (χ2n) is 9.28. The fourth-order valence-electron chi connectivity index (χ4n) is 4.52. The van der Waals surface area contributed by atoms with E-state index < -0.39 is 42.1 Å². The molecule has 33 heavy (non-hydrogen) atoms. The zero-order chi connectivity index (χ0) is 24.3. The molecule has 6 N–H and O–H groups in total. The van der Waals surface area contributed by atoms with Gasteiger partial charge in [-0.3, -0.25) is 14.4 Å². The molecule has 5 atom stereocenters. The van der Waals surface area contributed by atoms with Crippen molar-refractivity contribution in [1.29, 1.82) is 0 Å². The summed E-state index contributed by atoms with van der Waals surface area (Å²) in [5, 5.41) is 26.6. The normalized spacial score (nSPS) is 25.8. The Bertz CT molecular complexity index is 931. The van der Waals surface area contributed by atoms with Crippen molar-refractivity contribution < 1.29 is 24.6 Å². The predicted octanol–water partition coefficient (Wildman–Crippen LogP) is -0.404. The first kappa shape index (κ1) is 24.9. The first-order valence-corrected chi connectivity index (χ1v) is 11.3. The fraction of sp³-hybridized carbons (Fsp3) is 0.542. The smallest absolute Gasteiger partial charge is 0.250 e. The summed E-state index contributed by atoms with van der Waals surface area (Å²) in [6, 6.07) is 5.33. The van der Waals surface area contributed by atoms with Crippen molar-refractivity contribution in [3.8, 4) is 0 Å². The average Bonchev–Trinajstić information content (AvgIpc) is 2.78. The van der Waals surface area contributed by atoms with Crippen LogP contribution in [0.5, 0.6) is 0 Å². The lowest BCUT2D eigenvalue weighted by atomic mass is 9.87. The Morgan fingerprint density at radius 2 is 1.82 bits per heavy atom. The number of nitrogens with one attached hydrogen (secondary N) is 2. The molecule has 1 heterocycles. The van der Waals surface area contributed by atoms with E-state index in [1.54, 1.807) is 7.05 Å². The third-order valence-corrected chi connectivity index (χ3v) is 6.37. The molecule has 3 amide bonds. The molecule has 0 fully saturated rings. The quantitative estimate of drug-likeness (QED) is 0.376. The highest BCUT2D eigenvalue weighted by Gasteiger charge is 2.39. The van der Waals surface area contributed by atoms with E-state index >= 15 is 0 Å². The molecule has 0 aromatic heterocycles. The van der Waals surface area contributed by atoms with Gasteiger partial charge < -0.3 is 31.5 Å². The second kappa shape index (κ2) is 10.5. The van der Waals surface area contributed by atoms with Crippen LogP contribution in [0.15, 0.2) is 35.9 Å². The van der Waals surface area contributed by atoms with Gasteiger partial charge in [0.1, 0.15) is 12.1 Å². The van der Waals surface area contributed by atoms with Gasteiger partial charge in [0.2, 0.25) is 11.8 Å². The predicted molar refractivity (Wildman–Crippen MR) is 123 cm³/mol. The first-order chi connectivity index (χ1) is 15.6. The number of fused-ring (bicyclic) bond motifs is 1. The molecule has 5 unspecified atom stereocenters. The minimum Gasteiger partial charge on any atom is -0.390 e. The van der Waals surface area contributed by atoms with Gasteiger partial charge in [0.15, 0.2) is 0 Å². The van der Waals surface area contributed by atoms with Crippen molar-refractivity contribution in [2.45, 2.75) is 70.0 Å². The first-order valence-electron chi connectivity index (χ1n) is 11.3. The van der Waals surface area contributed by atoms with Gasteiger partial charge in [-0.25, -0.2) is 0 Å². The van der Waals surface area contributed by atoms with Crippen molar-refractivity contribution in [1.82, 2.24) is 15.5 Å². The minimum absolute atomic E-state index is 0.0859. The SMILES string of the molecule is CNC(CC(C)C)C(=O)NC1C=C(C(=O)N2Cc3ccccc3CC2C(N)=O)CC(O)C1O. The van der Waals surface area contributed by atoms with Crippen LogP contribution in [0.4, 0.5) is 0 Å². The maximum atomic E-state index is 13.4. The lowest BCUT2D eigenvalue weighted by molar-refractivity contribution is -0.138. The van der Waals surface area contributed by atoms with E-state index in [1.807, 2.05) is 38.1 Å². The van der Waals surface area contributed by atoms with Crippen molar-refractivity contribution in [2.24, 2.45) is 11.7 Å². The summed E-state index contributed by atoms with van der Waals surface area (Å²) in [7, 11) is 1.68. The molecule has 0 bridgehead atoms. The van der Waals surface area contributed by atoms with Gasteiger partial charge in [0, 0.05) is 25.0 Å². The molecule has 1 aromatic rings. The van der Waals surface area contributed by atoms with Crippen molar-refractivity contribution in [3.05, 3.63) is 47.0 Å². The molecule has 3 rings (SSSR count). The Balaban J connectivity index is 1.84. The zero-order valence-electron chi connectivity index (χ0n) is 19.3. The number of benzene rings is 1. The Labute approximate surface area is 194 Å². The molecule has 0 spiro atoms. The van der Waals surface area contributed by atoms with Gasteiger partial charge in [0.05, 0.1) is 18.2 Å². The number of nitrogens with zero attached hydrogens (tertiary/aromatic N) is 1. The molecule has 0 radical (unpaired) electrons. The van der Waals surface area contributed by atoms with Crippen LogP contribution in [0.1, 0.15) is 37.8 Å². The third-order valence-electron chi connectivity index (χ3n) is 6.37. The van der Waals surface area contributed by atoms with E-state index in [-0.39, 0.29) is 30.4 Å². The molecule has 1 aliphatic carbocycles. The molecule has 1 aromatic carbocycles. The number of nitrogens with two attached hydrogens (primary N) is 1. The van der Waals surface area contributed by atoms with Crippen molar-refractivity contribution >= 4 is 17.7 Å². The number of hydrogen-bond donors (Lipinski definition) is 5. The Morgan fingerprint density at radius 1 is 1.15 bits per heavy atom. The second-order valence-corrected chi connectivity index (χ2v) is 9.28. The minimum atomic E-state index is -1.25.